The fraction of sp³-hybridized carbons (Fsp3) is 0.267. The number of para-hydroxylation sites is 1. The summed E-state index contributed by atoms with van der Waals surface area (Å²) in [6, 6.07) is 6.27. The molecular weight excluding hydrogens is 318 g/mol. The number of ether oxygens (including phenoxy) is 2. The van der Waals surface area contributed by atoms with Crippen LogP contribution in [-0.2, 0) is 23.9 Å². The molecule has 24 heavy (non-hydrogen) atoms. The minimum Gasteiger partial charge on any atom is -0.465 e. The fourth-order valence-corrected chi connectivity index (χ4v) is 1.90. The van der Waals surface area contributed by atoms with Crippen LogP contribution in [0.1, 0.15) is 23.2 Å². The number of amides is 2. The van der Waals surface area contributed by atoms with Gasteiger partial charge in [0.2, 0.25) is 5.91 Å². The van der Waals surface area contributed by atoms with Crippen LogP contribution in [0.5, 0.6) is 0 Å². The highest BCUT2D eigenvalue weighted by atomic mass is 16.5. The van der Waals surface area contributed by atoms with Crippen molar-refractivity contribution < 1.29 is 28.7 Å². The van der Waals surface area contributed by atoms with Crippen LogP contribution >= 0.6 is 0 Å². The molecular formula is C15H15N3O6. The molecule has 1 heterocycles. The summed E-state index contributed by atoms with van der Waals surface area (Å²) in [7, 11) is 1.23. The van der Waals surface area contributed by atoms with Crippen molar-refractivity contribution in [3.63, 3.8) is 0 Å². The Kier molecular flexibility index (Phi) is 5.61. The Balaban J connectivity index is 1.91. The largest absolute Gasteiger partial charge is 0.465 e. The maximum atomic E-state index is 11.9. The predicted molar refractivity (Wildman–Crippen MR) is 82.2 cm³/mol. The molecule has 1 aromatic carbocycles. The molecule has 2 N–H and O–H groups in total. The van der Waals surface area contributed by atoms with Gasteiger partial charge < -0.3 is 14.8 Å². The van der Waals surface area contributed by atoms with E-state index < -0.39 is 24.5 Å². The summed E-state index contributed by atoms with van der Waals surface area (Å²) in [6.45, 7) is -0.554. The number of rotatable bonds is 5. The molecule has 0 bridgehead atoms. The topological polar surface area (TPSA) is 123 Å². The Labute approximate surface area is 137 Å². The minimum absolute atomic E-state index is 0.0392. The van der Waals surface area contributed by atoms with Crippen LogP contribution in [0.4, 0.5) is 5.69 Å². The molecule has 0 fully saturated rings. The summed E-state index contributed by atoms with van der Waals surface area (Å²) in [6.07, 6.45) is 0.282. The Morgan fingerprint density at radius 1 is 1.21 bits per heavy atom. The first-order valence-corrected chi connectivity index (χ1v) is 7.01. The van der Waals surface area contributed by atoms with Crippen LogP contribution in [0.2, 0.25) is 0 Å². The van der Waals surface area contributed by atoms with Crippen molar-refractivity contribution in [3.05, 3.63) is 29.8 Å². The molecule has 9 nitrogen and oxygen atoms in total. The first-order valence-electron chi connectivity index (χ1n) is 7.01. The summed E-state index contributed by atoms with van der Waals surface area (Å²) < 4.78 is 9.45. The summed E-state index contributed by atoms with van der Waals surface area (Å²) >= 11 is 0. The zero-order chi connectivity index (χ0) is 17.5. The second-order valence-electron chi connectivity index (χ2n) is 4.75. The maximum Gasteiger partial charge on any atom is 0.355 e. The van der Waals surface area contributed by atoms with Crippen LogP contribution in [0.25, 0.3) is 0 Å². The van der Waals surface area contributed by atoms with Gasteiger partial charge in [-0.15, -0.1) is 0 Å². The SMILES string of the molecule is COC(=O)c1ccccc1NC(=O)COC(=O)C1=NNC(=O)CC1. The zero-order valence-electron chi connectivity index (χ0n) is 12.8. The van der Waals surface area contributed by atoms with Gasteiger partial charge in [-0.1, -0.05) is 12.1 Å². The molecule has 1 aliphatic heterocycles. The van der Waals surface area contributed by atoms with Crippen molar-refractivity contribution >= 4 is 35.2 Å². The Morgan fingerprint density at radius 2 is 1.96 bits per heavy atom. The Hall–Kier alpha value is -3.23. The fourth-order valence-electron chi connectivity index (χ4n) is 1.90. The van der Waals surface area contributed by atoms with Crippen LogP contribution in [-0.4, -0.2) is 43.2 Å². The first-order chi connectivity index (χ1) is 11.5. The quantitative estimate of drug-likeness (QED) is 0.743. The van der Waals surface area contributed by atoms with Crippen molar-refractivity contribution in [2.75, 3.05) is 19.0 Å². The first kappa shape index (κ1) is 17.1. The summed E-state index contributed by atoms with van der Waals surface area (Å²) in [4.78, 5) is 46.1. The van der Waals surface area contributed by atoms with Gasteiger partial charge in [-0.2, -0.15) is 5.10 Å². The van der Waals surface area contributed by atoms with Gasteiger partial charge in [0.25, 0.3) is 5.91 Å². The number of esters is 2. The number of nitrogens with zero attached hydrogens (tertiary/aromatic N) is 1. The van der Waals surface area contributed by atoms with E-state index in [1.54, 1.807) is 12.1 Å². The molecule has 0 saturated carbocycles. The molecule has 2 rings (SSSR count). The Morgan fingerprint density at radius 3 is 2.62 bits per heavy atom. The van der Waals surface area contributed by atoms with Crippen LogP contribution in [0.3, 0.4) is 0 Å². The van der Waals surface area contributed by atoms with Crippen molar-refractivity contribution in [3.8, 4) is 0 Å². The molecule has 1 aromatic rings. The van der Waals surface area contributed by atoms with Gasteiger partial charge in [-0.25, -0.2) is 15.0 Å². The third kappa shape index (κ3) is 4.38. The molecule has 1 aliphatic rings. The third-order valence-electron chi connectivity index (χ3n) is 3.08. The van der Waals surface area contributed by atoms with Crippen LogP contribution < -0.4 is 10.7 Å². The molecule has 0 saturated heterocycles. The van der Waals surface area contributed by atoms with Gasteiger partial charge in [-0.3, -0.25) is 9.59 Å². The number of carbonyl (C=O) groups is 4. The summed E-state index contributed by atoms with van der Waals surface area (Å²) in [5, 5.41) is 6.03. The van der Waals surface area contributed by atoms with Gasteiger partial charge in [0.05, 0.1) is 18.4 Å². The lowest BCUT2D eigenvalue weighted by Crippen LogP contribution is -2.32. The highest BCUT2D eigenvalue weighted by Crippen LogP contribution is 2.15. The number of hydrogen-bond acceptors (Lipinski definition) is 7. The van der Waals surface area contributed by atoms with E-state index >= 15 is 0 Å². The lowest BCUT2D eigenvalue weighted by Gasteiger charge is -2.12. The number of benzene rings is 1. The number of hydrazone groups is 1. The zero-order valence-corrected chi connectivity index (χ0v) is 12.8. The predicted octanol–water partition coefficient (Wildman–Crippen LogP) is 0.221. The molecule has 126 valence electrons. The van der Waals surface area contributed by atoms with Gasteiger partial charge in [-0.05, 0) is 12.1 Å². The molecule has 0 unspecified atom stereocenters. The number of methoxy groups -OCH3 is 1. The highest BCUT2D eigenvalue weighted by Gasteiger charge is 2.21. The normalized spacial score (nSPS) is 13.4. The molecule has 0 aliphatic carbocycles. The lowest BCUT2D eigenvalue weighted by molar-refractivity contribution is -0.140. The lowest BCUT2D eigenvalue weighted by atomic mass is 10.2. The van der Waals surface area contributed by atoms with Crippen molar-refractivity contribution in [1.29, 1.82) is 0 Å². The van der Waals surface area contributed by atoms with Crippen LogP contribution in [0, 0.1) is 0 Å². The van der Waals surface area contributed by atoms with Gasteiger partial charge in [0.15, 0.2) is 6.61 Å². The molecule has 0 atom stereocenters. The van der Waals surface area contributed by atoms with Crippen LogP contribution in [0.15, 0.2) is 29.4 Å². The molecule has 0 spiro atoms. The van der Waals surface area contributed by atoms with Crippen molar-refractivity contribution in [2.24, 2.45) is 5.10 Å². The maximum absolute atomic E-state index is 11.9. The number of anilines is 1. The van der Waals surface area contributed by atoms with Gasteiger partial charge in [0, 0.05) is 12.8 Å². The number of hydrogen-bond donors (Lipinski definition) is 2. The monoisotopic (exact) mass is 333 g/mol. The second kappa shape index (κ2) is 7.86. The van der Waals surface area contributed by atoms with Gasteiger partial charge >= 0.3 is 11.9 Å². The average molecular weight is 333 g/mol. The van der Waals surface area contributed by atoms with Crippen molar-refractivity contribution in [1.82, 2.24) is 5.43 Å². The molecule has 0 aromatic heterocycles. The minimum atomic E-state index is -0.786. The van der Waals surface area contributed by atoms with E-state index in [2.05, 4.69) is 20.6 Å². The van der Waals surface area contributed by atoms with E-state index in [-0.39, 0.29) is 35.7 Å². The second-order valence-corrected chi connectivity index (χ2v) is 4.75. The third-order valence-corrected chi connectivity index (χ3v) is 3.08. The standard InChI is InChI=1S/C15H15N3O6/c1-23-14(21)9-4-2-3-5-10(9)16-13(20)8-24-15(22)11-6-7-12(19)18-17-11/h2-5H,6-8H2,1H3,(H,16,20)(H,18,19). The van der Waals surface area contributed by atoms with E-state index in [9.17, 15) is 19.2 Å². The highest BCUT2D eigenvalue weighted by molar-refractivity contribution is 6.37. The molecule has 0 radical (unpaired) electrons. The molecule has 2 amide bonds. The van der Waals surface area contributed by atoms with E-state index in [0.717, 1.165) is 0 Å². The number of nitrogens with one attached hydrogen (secondary N) is 2. The number of carbonyl (C=O) groups excluding carboxylic acids is 4. The smallest absolute Gasteiger partial charge is 0.355 e. The average Bonchev–Trinajstić information content (AvgIpc) is 2.60. The summed E-state index contributed by atoms with van der Waals surface area (Å²) in [5.74, 6) is -2.30. The van der Waals surface area contributed by atoms with Crippen molar-refractivity contribution in [2.45, 2.75) is 12.8 Å². The van der Waals surface area contributed by atoms with E-state index in [0.29, 0.717) is 0 Å². The molecule has 9 heteroatoms. The summed E-state index contributed by atoms with van der Waals surface area (Å²) in [5.41, 5.74) is 2.63. The Bertz CT molecular complexity index is 713. The van der Waals surface area contributed by atoms with E-state index in [1.165, 1.54) is 19.2 Å². The van der Waals surface area contributed by atoms with E-state index in [4.69, 9.17) is 4.74 Å². The van der Waals surface area contributed by atoms with E-state index in [1.807, 2.05) is 0 Å². The van der Waals surface area contributed by atoms with Gasteiger partial charge in [0.1, 0.15) is 5.71 Å².